The number of nitrogen functional groups attached to an aromatic ring is 1. The van der Waals surface area contributed by atoms with Gasteiger partial charge in [0.25, 0.3) is 0 Å². The minimum Gasteiger partial charge on any atom is -0.382 e. The smallest absolute Gasteiger partial charge is 0.152 e. The first-order valence-corrected chi connectivity index (χ1v) is 7.95. The minimum absolute atomic E-state index is 0.371. The molecule has 0 aliphatic carbocycles. The molecule has 1 aromatic heterocycles. The molecule has 0 bridgehead atoms. The van der Waals surface area contributed by atoms with Crippen molar-refractivity contribution < 1.29 is 0 Å². The Balaban J connectivity index is 1.67. The molecule has 5 nitrogen and oxygen atoms in total. The Kier molecular flexibility index (Phi) is 3.36. The molecule has 22 heavy (non-hydrogen) atoms. The molecule has 0 spiro atoms. The Morgan fingerprint density at radius 2 is 2.14 bits per heavy atom. The first kappa shape index (κ1) is 14.1. The molecule has 3 heterocycles. The van der Waals surface area contributed by atoms with Crippen molar-refractivity contribution in [1.82, 2.24) is 15.3 Å². The van der Waals surface area contributed by atoms with Crippen LogP contribution in [0.5, 0.6) is 0 Å². The van der Waals surface area contributed by atoms with Crippen LogP contribution in [0.1, 0.15) is 0 Å². The fourth-order valence-electron chi connectivity index (χ4n) is 3.21. The Morgan fingerprint density at radius 1 is 1.27 bits per heavy atom. The third-order valence-corrected chi connectivity index (χ3v) is 5.24. The molecule has 2 aromatic rings. The van der Waals surface area contributed by atoms with Crippen LogP contribution in [0, 0.1) is 5.92 Å². The third kappa shape index (κ3) is 2.12. The van der Waals surface area contributed by atoms with Crippen molar-refractivity contribution in [3.05, 3.63) is 34.4 Å². The van der Waals surface area contributed by atoms with Crippen LogP contribution in [0.15, 0.2) is 24.4 Å². The number of nitrogens with one attached hydrogen (secondary N) is 1. The number of fused-ring (bicyclic) bond motifs is 1. The van der Waals surface area contributed by atoms with Crippen LogP contribution in [-0.2, 0) is 0 Å². The van der Waals surface area contributed by atoms with Gasteiger partial charge in [-0.05, 0) is 6.07 Å². The van der Waals surface area contributed by atoms with Crippen molar-refractivity contribution in [3.63, 3.8) is 0 Å². The molecule has 0 saturated carbocycles. The molecular weight excluding hydrogens is 321 g/mol. The molecule has 2 aliphatic rings. The Hall–Kier alpha value is -1.56. The first-order chi connectivity index (χ1) is 10.6. The van der Waals surface area contributed by atoms with Crippen molar-refractivity contribution in [1.29, 1.82) is 0 Å². The molecule has 2 aliphatic heterocycles. The lowest BCUT2D eigenvalue weighted by Gasteiger charge is -2.44. The fourth-order valence-corrected chi connectivity index (χ4v) is 3.60. The van der Waals surface area contributed by atoms with Gasteiger partial charge in [-0.1, -0.05) is 35.3 Å². The van der Waals surface area contributed by atoms with Gasteiger partial charge >= 0.3 is 0 Å². The summed E-state index contributed by atoms with van der Waals surface area (Å²) in [5, 5.41) is 4.32. The van der Waals surface area contributed by atoms with E-state index in [2.05, 4.69) is 20.2 Å². The fraction of sp³-hybridized carbons (Fsp3) is 0.333. The summed E-state index contributed by atoms with van der Waals surface area (Å²) in [6, 6.07) is 5.91. The molecule has 2 saturated heterocycles. The van der Waals surface area contributed by atoms with Crippen LogP contribution in [0.3, 0.4) is 0 Å². The first-order valence-electron chi connectivity index (χ1n) is 7.19. The molecule has 7 heteroatoms. The maximum atomic E-state index is 6.24. The van der Waals surface area contributed by atoms with E-state index in [0.717, 1.165) is 25.5 Å². The zero-order chi connectivity index (χ0) is 15.3. The summed E-state index contributed by atoms with van der Waals surface area (Å²) in [4.78, 5) is 11.2. The summed E-state index contributed by atoms with van der Waals surface area (Å²) in [5.74, 6) is 1.91. The van der Waals surface area contributed by atoms with E-state index in [4.69, 9.17) is 28.9 Å². The zero-order valence-electron chi connectivity index (χ0n) is 11.8. The zero-order valence-corrected chi connectivity index (χ0v) is 13.3. The average molecular weight is 336 g/mol. The summed E-state index contributed by atoms with van der Waals surface area (Å²) in [6.45, 7) is 3.08. The second kappa shape index (κ2) is 5.26. The van der Waals surface area contributed by atoms with Crippen LogP contribution in [0.25, 0.3) is 11.3 Å². The SMILES string of the molecule is Nc1nc(N2C[C@H]3CNC[C@H]32)cnc1-c1cccc(Cl)c1Cl. The monoisotopic (exact) mass is 335 g/mol. The summed E-state index contributed by atoms with van der Waals surface area (Å²) in [6.07, 6.45) is 1.76. The highest BCUT2D eigenvalue weighted by Crippen LogP contribution is 2.37. The van der Waals surface area contributed by atoms with E-state index in [-0.39, 0.29) is 0 Å². The van der Waals surface area contributed by atoms with Crippen molar-refractivity contribution >= 4 is 34.8 Å². The molecule has 4 rings (SSSR count). The van der Waals surface area contributed by atoms with Gasteiger partial charge in [-0.3, -0.25) is 0 Å². The van der Waals surface area contributed by atoms with E-state index < -0.39 is 0 Å². The summed E-state index contributed by atoms with van der Waals surface area (Å²) in [7, 11) is 0. The maximum absolute atomic E-state index is 6.24. The largest absolute Gasteiger partial charge is 0.382 e. The number of nitrogens with zero attached hydrogens (tertiary/aromatic N) is 3. The molecule has 3 N–H and O–H groups in total. The Labute approximate surface area is 138 Å². The van der Waals surface area contributed by atoms with Crippen LogP contribution >= 0.6 is 23.2 Å². The second-order valence-electron chi connectivity index (χ2n) is 5.70. The quantitative estimate of drug-likeness (QED) is 0.882. The molecule has 2 fully saturated rings. The summed E-state index contributed by atoms with van der Waals surface area (Å²) < 4.78 is 0. The van der Waals surface area contributed by atoms with Crippen molar-refractivity contribution in [2.75, 3.05) is 30.3 Å². The second-order valence-corrected chi connectivity index (χ2v) is 6.49. The highest BCUT2D eigenvalue weighted by molar-refractivity contribution is 6.43. The number of nitrogens with two attached hydrogens (primary N) is 1. The maximum Gasteiger partial charge on any atom is 0.152 e. The number of hydrogen-bond donors (Lipinski definition) is 2. The van der Waals surface area contributed by atoms with Crippen molar-refractivity contribution in [2.45, 2.75) is 6.04 Å². The Bertz CT molecular complexity index is 736. The van der Waals surface area contributed by atoms with Gasteiger partial charge in [-0.25, -0.2) is 9.97 Å². The topological polar surface area (TPSA) is 67.1 Å². The van der Waals surface area contributed by atoms with Gasteiger partial charge < -0.3 is 16.0 Å². The van der Waals surface area contributed by atoms with Crippen LogP contribution < -0.4 is 16.0 Å². The van der Waals surface area contributed by atoms with Crippen LogP contribution in [0.2, 0.25) is 10.0 Å². The van der Waals surface area contributed by atoms with Gasteiger partial charge in [-0.15, -0.1) is 0 Å². The van der Waals surface area contributed by atoms with E-state index in [1.54, 1.807) is 12.3 Å². The average Bonchev–Trinajstić information content (AvgIpc) is 2.84. The number of anilines is 2. The summed E-state index contributed by atoms with van der Waals surface area (Å²) >= 11 is 12.3. The van der Waals surface area contributed by atoms with E-state index in [1.807, 2.05) is 12.1 Å². The standard InChI is InChI=1S/C15H15Cl2N5/c16-10-3-1-2-9(13(10)17)14-15(18)21-12(6-20-14)22-7-8-4-19-5-11(8)22/h1-3,6,8,11,19H,4-5,7H2,(H2,18,21)/t8-,11-/m1/s1. The molecule has 2 atom stereocenters. The highest BCUT2D eigenvalue weighted by Gasteiger charge is 2.42. The Morgan fingerprint density at radius 3 is 2.91 bits per heavy atom. The molecule has 1 aromatic carbocycles. The van der Waals surface area contributed by atoms with Gasteiger partial charge in [0.05, 0.1) is 16.2 Å². The van der Waals surface area contributed by atoms with Gasteiger partial charge in [0.15, 0.2) is 5.82 Å². The van der Waals surface area contributed by atoms with Gasteiger partial charge in [0, 0.05) is 37.2 Å². The van der Waals surface area contributed by atoms with E-state index in [9.17, 15) is 0 Å². The number of aromatic nitrogens is 2. The van der Waals surface area contributed by atoms with Gasteiger partial charge in [0.1, 0.15) is 11.5 Å². The van der Waals surface area contributed by atoms with Crippen LogP contribution in [-0.4, -0.2) is 35.6 Å². The highest BCUT2D eigenvalue weighted by atomic mass is 35.5. The van der Waals surface area contributed by atoms with Crippen molar-refractivity contribution in [2.24, 2.45) is 5.92 Å². The lowest BCUT2D eigenvalue weighted by molar-refractivity contribution is 0.362. The van der Waals surface area contributed by atoms with Gasteiger partial charge in [-0.2, -0.15) is 0 Å². The summed E-state index contributed by atoms with van der Waals surface area (Å²) in [5.41, 5.74) is 7.38. The van der Waals surface area contributed by atoms with Crippen LogP contribution in [0.4, 0.5) is 11.6 Å². The van der Waals surface area contributed by atoms with Crippen molar-refractivity contribution in [3.8, 4) is 11.3 Å². The van der Waals surface area contributed by atoms with E-state index in [1.165, 1.54) is 0 Å². The van der Waals surface area contributed by atoms with E-state index in [0.29, 0.717) is 39.1 Å². The predicted octanol–water partition coefficient (Wildman–Crippen LogP) is 2.44. The lowest BCUT2D eigenvalue weighted by atomic mass is 9.92. The number of benzene rings is 1. The third-order valence-electron chi connectivity index (χ3n) is 4.42. The molecule has 0 radical (unpaired) electrons. The number of halogens is 2. The lowest BCUT2D eigenvalue weighted by Crippen LogP contribution is -2.56. The minimum atomic E-state index is 0.371. The number of rotatable bonds is 2. The normalized spacial score (nSPS) is 23.3. The van der Waals surface area contributed by atoms with E-state index >= 15 is 0 Å². The molecule has 0 amide bonds. The molecule has 0 unspecified atom stereocenters. The predicted molar refractivity (Wildman–Crippen MR) is 89.4 cm³/mol. The molecular formula is C15H15Cl2N5. The van der Waals surface area contributed by atoms with Gasteiger partial charge in [0.2, 0.25) is 0 Å². The molecule has 114 valence electrons. The number of hydrogen-bond acceptors (Lipinski definition) is 5.